The summed E-state index contributed by atoms with van der Waals surface area (Å²) in [6.07, 6.45) is 0. The Morgan fingerprint density at radius 3 is 2.00 bits per heavy atom. The molecule has 0 aliphatic rings. The van der Waals surface area contributed by atoms with Crippen LogP contribution in [0, 0.1) is 39.8 Å². The fraction of sp³-hybridized carbons (Fsp3) is 0.250. The summed E-state index contributed by atoms with van der Waals surface area (Å²) in [4.78, 5) is 0. The maximum absolute atomic E-state index is 3.10. The van der Waals surface area contributed by atoms with Gasteiger partial charge in [0.05, 0.1) is 0 Å². The highest BCUT2D eigenvalue weighted by molar-refractivity contribution is 5.22. The van der Waals surface area contributed by atoms with Crippen LogP contribution in [0.1, 0.15) is 22.3 Å². The number of hydrogen-bond acceptors (Lipinski definition) is 0. The van der Waals surface area contributed by atoms with Gasteiger partial charge in [-0.1, -0.05) is 42.0 Å². The highest BCUT2D eigenvalue weighted by Gasteiger charge is 1.84. The van der Waals surface area contributed by atoms with Crippen LogP contribution in [0.3, 0.4) is 0 Å². The van der Waals surface area contributed by atoms with Crippen LogP contribution >= 0.6 is 0 Å². The lowest BCUT2D eigenvalue weighted by Crippen LogP contribution is -1.75. The molecule has 0 fully saturated rings. The lowest BCUT2D eigenvalue weighted by molar-refractivity contribution is 1.33. The molecule has 82 valence electrons. The zero-order valence-corrected chi connectivity index (χ0v) is 10.5. The highest BCUT2D eigenvalue weighted by Crippen LogP contribution is 2.01. The van der Waals surface area contributed by atoms with Crippen LogP contribution in [-0.2, 0) is 0 Å². The van der Waals surface area contributed by atoms with Gasteiger partial charge in [0, 0.05) is 0 Å². The van der Waals surface area contributed by atoms with E-state index in [0.29, 0.717) is 0 Å². The monoisotopic (exact) mass is 210 g/mol. The van der Waals surface area contributed by atoms with Crippen molar-refractivity contribution in [1.82, 2.24) is 0 Å². The lowest BCUT2D eigenvalue weighted by atomic mass is 10.1. The van der Waals surface area contributed by atoms with Gasteiger partial charge < -0.3 is 0 Å². The Morgan fingerprint density at radius 1 is 0.875 bits per heavy atom. The van der Waals surface area contributed by atoms with Crippen LogP contribution in [0.5, 0.6) is 0 Å². The molecule has 16 heavy (non-hydrogen) atoms. The van der Waals surface area contributed by atoms with Crippen LogP contribution in [0.4, 0.5) is 0 Å². The molecule has 0 aromatic heterocycles. The first-order valence-corrected chi connectivity index (χ1v) is 5.48. The summed E-state index contributed by atoms with van der Waals surface area (Å²) >= 11 is 0. The molecule has 0 N–H and O–H groups in total. The number of rotatable bonds is 0. The molecule has 0 aliphatic carbocycles. The van der Waals surface area contributed by atoms with Crippen LogP contribution in [0.15, 0.2) is 36.4 Å². The van der Waals surface area contributed by atoms with Crippen molar-refractivity contribution < 1.29 is 0 Å². The highest BCUT2D eigenvalue weighted by atomic mass is 13.9. The molecule has 0 aliphatic heterocycles. The van der Waals surface area contributed by atoms with Gasteiger partial charge in [-0.2, -0.15) is 0 Å². The minimum atomic E-state index is 1.20. The minimum absolute atomic E-state index is 1.20. The van der Waals surface area contributed by atoms with Crippen molar-refractivity contribution in [3.05, 3.63) is 70.8 Å². The predicted octanol–water partition coefficient (Wildman–Crippen LogP) is 4.21. The van der Waals surface area contributed by atoms with E-state index in [-0.39, 0.29) is 0 Å². The van der Waals surface area contributed by atoms with Gasteiger partial charge in [0.25, 0.3) is 0 Å². The normalized spacial score (nSPS) is 9.25. The van der Waals surface area contributed by atoms with E-state index in [1.54, 1.807) is 0 Å². The van der Waals surface area contributed by atoms with Gasteiger partial charge >= 0.3 is 0 Å². The molecular weight excluding hydrogens is 192 g/mol. The summed E-state index contributed by atoms with van der Waals surface area (Å²) in [6, 6.07) is 18.4. The molecular formula is C16H18. The van der Waals surface area contributed by atoms with E-state index >= 15 is 0 Å². The molecule has 0 heteroatoms. The molecule has 0 bridgehead atoms. The van der Waals surface area contributed by atoms with Crippen molar-refractivity contribution >= 4 is 0 Å². The van der Waals surface area contributed by atoms with Gasteiger partial charge in [0.1, 0.15) is 0 Å². The molecule has 0 spiro atoms. The van der Waals surface area contributed by atoms with E-state index in [0.717, 1.165) is 0 Å². The summed E-state index contributed by atoms with van der Waals surface area (Å²) in [5.41, 5.74) is 5.03. The second-order valence-corrected chi connectivity index (χ2v) is 4.03. The van der Waals surface area contributed by atoms with Crippen LogP contribution < -0.4 is 0 Å². The minimum Gasteiger partial charge on any atom is -0.0614 e. The van der Waals surface area contributed by atoms with E-state index in [9.17, 15) is 0 Å². The Balaban J connectivity index is 0.000000160. The molecule has 0 unspecified atom stereocenters. The Morgan fingerprint density at radius 2 is 1.62 bits per heavy atom. The number of hydrogen-bond donors (Lipinski definition) is 0. The summed E-state index contributed by atoms with van der Waals surface area (Å²) in [5, 5.41) is 0. The summed E-state index contributed by atoms with van der Waals surface area (Å²) in [7, 11) is 0. The second kappa shape index (κ2) is 6.12. The van der Waals surface area contributed by atoms with Crippen molar-refractivity contribution in [3.8, 4) is 0 Å². The van der Waals surface area contributed by atoms with E-state index in [1.807, 2.05) is 25.1 Å². The Labute approximate surface area is 99.0 Å². The first-order chi connectivity index (χ1) is 7.59. The molecule has 0 heterocycles. The van der Waals surface area contributed by atoms with Crippen molar-refractivity contribution in [2.45, 2.75) is 27.7 Å². The van der Waals surface area contributed by atoms with Crippen molar-refractivity contribution in [2.75, 3.05) is 0 Å². The molecule has 0 saturated carbocycles. The average molecular weight is 210 g/mol. The maximum atomic E-state index is 3.10. The molecule has 2 aromatic carbocycles. The van der Waals surface area contributed by atoms with E-state index in [2.05, 4.69) is 51.1 Å². The van der Waals surface area contributed by atoms with Crippen LogP contribution in [0.2, 0.25) is 0 Å². The third kappa shape index (κ3) is 4.31. The molecule has 2 aromatic rings. The number of benzene rings is 2. The van der Waals surface area contributed by atoms with Gasteiger partial charge in [-0.05, 0) is 56.5 Å². The fourth-order valence-corrected chi connectivity index (χ4v) is 1.18. The topological polar surface area (TPSA) is 0 Å². The quantitative estimate of drug-likeness (QED) is 0.611. The molecule has 0 atom stereocenters. The second-order valence-electron chi connectivity index (χ2n) is 4.03. The average Bonchev–Trinajstić information content (AvgIpc) is 2.28. The molecule has 2 radical (unpaired) electrons. The van der Waals surface area contributed by atoms with Crippen LogP contribution in [0.25, 0.3) is 0 Å². The largest absolute Gasteiger partial charge is 0.0614 e. The SMILES string of the molecule is Cc1[c]cc(C)cc1.Cc1[c]cccc1C. The first kappa shape index (κ1) is 12.5. The van der Waals surface area contributed by atoms with Gasteiger partial charge in [0.2, 0.25) is 0 Å². The lowest BCUT2D eigenvalue weighted by Gasteiger charge is -1.92. The van der Waals surface area contributed by atoms with Crippen molar-refractivity contribution in [3.63, 3.8) is 0 Å². The number of aryl methyl sites for hydroxylation is 4. The summed E-state index contributed by atoms with van der Waals surface area (Å²) in [6.45, 7) is 8.26. The van der Waals surface area contributed by atoms with Gasteiger partial charge in [-0.25, -0.2) is 0 Å². The maximum Gasteiger partial charge on any atom is -0.0149 e. The third-order valence-corrected chi connectivity index (χ3v) is 2.46. The standard InChI is InChI=1S/2C8H9/c1-7-3-5-8(2)6-4-7;1-7-5-3-4-6-8(7)2/h2*3-5H,1-2H3. The van der Waals surface area contributed by atoms with Crippen molar-refractivity contribution in [2.24, 2.45) is 0 Å². The van der Waals surface area contributed by atoms with Gasteiger partial charge in [-0.15, -0.1) is 0 Å². The Bertz CT molecular complexity index is 382. The van der Waals surface area contributed by atoms with E-state index < -0.39 is 0 Å². The van der Waals surface area contributed by atoms with E-state index in [1.165, 1.54) is 22.3 Å². The molecule has 0 saturated heterocycles. The summed E-state index contributed by atoms with van der Waals surface area (Å²) < 4.78 is 0. The Hall–Kier alpha value is -1.56. The van der Waals surface area contributed by atoms with Gasteiger partial charge in [-0.3, -0.25) is 0 Å². The molecule has 0 amide bonds. The third-order valence-electron chi connectivity index (χ3n) is 2.46. The van der Waals surface area contributed by atoms with Gasteiger partial charge in [0.15, 0.2) is 0 Å². The summed E-state index contributed by atoms with van der Waals surface area (Å²) in [5.74, 6) is 0. The molecule has 2 rings (SSSR count). The fourth-order valence-electron chi connectivity index (χ4n) is 1.18. The zero-order valence-electron chi connectivity index (χ0n) is 10.5. The Kier molecular flexibility index (Phi) is 4.78. The smallest absolute Gasteiger partial charge is 0.0149 e. The van der Waals surface area contributed by atoms with Crippen LogP contribution in [-0.4, -0.2) is 0 Å². The zero-order chi connectivity index (χ0) is 12.0. The molecule has 0 nitrogen and oxygen atoms in total. The van der Waals surface area contributed by atoms with Crippen molar-refractivity contribution in [1.29, 1.82) is 0 Å². The predicted molar refractivity (Wildman–Crippen MR) is 69.5 cm³/mol. The van der Waals surface area contributed by atoms with E-state index in [4.69, 9.17) is 0 Å². The first-order valence-electron chi connectivity index (χ1n) is 5.48.